The number of hydrogen-bond donors (Lipinski definition) is 2. The fourth-order valence-corrected chi connectivity index (χ4v) is 19.8. The Labute approximate surface area is 561 Å². The maximum absolute atomic E-state index is 16.9. The summed E-state index contributed by atoms with van der Waals surface area (Å²) in [5.74, 6) is 4.44. The highest BCUT2D eigenvalue weighted by atomic mass is 31.1. The quantitative estimate of drug-likeness (QED) is 0.0237. The molecule has 5 fully saturated rings. The number of nitrogens with one attached hydrogen (secondary N) is 2. The van der Waals surface area contributed by atoms with Crippen LogP contribution < -0.4 is 15.4 Å². The van der Waals surface area contributed by atoms with Gasteiger partial charge in [0.15, 0.2) is 8.32 Å². The van der Waals surface area contributed by atoms with Crippen molar-refractivity contribution in [2.75, 3.05) is 20.3 Å². The van der Waals surface area contributed by atoms with Crippen molar-refractivity contribution in [3.63, 3.8) is 0 Å². The molecule has 9 rings (SSSR count). The van der Waals surface area contributed by atoms with Gasteiger partial charge in [0.2, 0.25) is 5.91 Å². The van der Waals surface area contributed by atoms with Crippen molar-refractivity contribution in [2.24, 2.45) is 52.3 Å². The van der Waals surface area contributed by atoms with Crippen molar-refractivity contribution < 1.29 is 46.3 Å². The van der Waals surface area contributed by atoms with Gasteiger partial charge in [-0.15, -0.1) is 0 Å². The fourth-order valence-electron chi connectivity index (χ4n) is 17.5. The van der Waals surface area contributed by atoms with Gasteiger partial charge in [0.1, 0.15) is 53.5 Å². The molecule has 15 heteroatoms. The number of rotatable bonds is 29. The van der Waals surface area contributed by atoms with Gasteiger partial charge in [0.25, 0.3) is 0 Å². The zero-order valence-electron chi connectivity index (χ0n) is 59.2. The molecule has 4 aliphatic carbocycles. The third-order valence-electron chi connectivity index (χ3n) is 23.7. The third kappa shape index (κ3) is 16.7. The van der Waals surface area contributed by atoms with E-state index in [1.165, 1.54) is 63.9 Å². The van der Waals surface area contributed by atoms with Gasteiger partial charge >= 0.3 is 6.09 Å². The van der Waals surface area contributed by atoms with Crippen molar-refractivity contribution in [2.45, 2.75) is 259 Å². The monoisotopic (exact) mass is 1320 g/mol. The summed E-state index contributed by atoms with van der Waals surface area (Å²) in [6.45, 7) is 32.2. The number of nitrogens with zero attached hydrogens (tertiary/aromatic N) is 1. The Bertz CT molecular complexity index is 2990. The van der Waals surface area contributed by atoms with Crippen molar-refractivity contribution in [3.05, 3.63) is 137 Å². The predicted octanol–water partition coefficient (Wildman–Crippen LogP) is 19.2. The van der Waals surface area contributed by atoms with E-state index in [0.717, 1.165) is 77.5 Å². The van der Waals surface area contributed by atoms with Crippen LogP contribution in [0.5, 0.6) is 5.75 Å². The highest BCUT2D eigenvalue weighted by molar-refractivity contribution is 7.29. The van der Waals surface area contributed by atoms with Crippen LogP contribution in [0.2, 0.25) is 18.1 Å². The number of amides is 2. The average Bonchev–Trinajstić information content (AvgIpc) is 1.69. The van der Waals surface area contributed by atoms with Gasteiger partial charge in [-0.1, -0.05) is 154 Å². The highest BCUT2D eigenvalue weighted by Gasteiger charge is 2.61. The molecule has 4 aromatic rings. The number of benzene rings is 4. The zero-order chi connectivity index (χ0) is 67.0. The van der Waals surface area contributed by atoms with Gasteiger partial charge in [0.05, 0.1) is 22.7 Å². The lowest BCUT2D eigenvalue weighted by atomic mass is 9.44. The second-order valence-corrected chi connectivity index (χ2v) is 37.3. The number of unbranched alkanes of at least 4 members (excludes halogenated alkanes) is 2. The van der Waals surface area contributed by atoms with E-state index in [0.29, 0.717) is 48.3 Å². The lowest BCUT2D eigenvalue weighted by molar-refractivity contribution is -0.129. The third-order valence-corrected chi connectivity index (χ3v) is 29.8. The van der Waals surface area contributed by atoms with Crippen LogP contribution in [0.25, 0.3) is 0 Å². The van der Waals surface area contributed by atoms with Crippen LogP contribution in [0.3, 0.4) is 0 Å². The summed E-state index contributed by atoms with van der Waals surface area (Å²) in [5, 5.41) is 5.66. The van der Waals surface area contributed by atoms with E-state index in [2.05, 4.69) is 136 Å². The van der Waals surface area contributed by atoms with Crippen LogP contribution in [-0.2, 0) is 40.1 Å². The van der Waals surface area contributed by atoms with E-state index in [1.54, 1.807) is 7.11 Å². The first-order chi connectivity index (χ1) is 44.2. The first kappa shape index (κ1) is 73.0. The summed E-state index contributed by atoms with van der Waals surface area (Å²) in [4.78, 5) is 26.7. The Kier molecular flexibility index (Phi) is 24.7. The summed E-state index contributed by atoms with van der Waals surface area (Å²) in [5.41, 5.74) is 2.53. The molecule has 1 saturated heterocycles. The van der Waals surface area contributed by atoms with Crippen LogP contribution in [0.4, 0.5) is 13.6 Å². The first-order valence-corrected chi connectivity index (χ1v) is 39.6. The summed E-state index contributed by atoms with van der Waals surface area (Å²) in [6.07, 6.45) is 13.6. The standard InChI is InChI=1S/C78H116F2N3O8PSi/c1-51(2)26-25-27-54(7)64-39-40-65-62-38-35-59-47-61(41-43-76(59,11)66(62)42-44-77(64,65)12)88-74(85)81-45-24-18-23-32-70(84)82-49-55-46-63(68(80)48-67(55)79)71-73(91-93(14,15)75(8,9)10)72(90-92-83(52(3)4)53(5)6)69(89-71)50-87-78(56-28-19-16-20-29-56,57-30-21-17-22-31-57)58-33-36-60(86-13)37-34-58/h16-17,19-22,28-31,33-34,36-37,46,48,51-54,59,61-62,64-66,69,71-73,92H,18,23-27,32,35,38-45,47,49-50H2,1-15H3,(H,81,85)(H,82,84)/t54-,59?,61+,62?,64-,65+,66+,69-,71+,72+,73?,76+,77-/m1/s1. The molecular formula is C78H116F2N3O8PSi. The minimum atomic E-state index is -2.68. The van der Waals surface area contributed by atoms with Crippen molar-refractivity contribution in [1.82, 2.24) is 15.3 Å². The number of hydrogen-bond acceptors (Lipinski definition) is 9. The number of carbonyl (C=O) groups is 2. The second-order valence-electron chi connectivity index (χ2n) is 31.6. The Hall–Kier alpha value is -4.27. The molecule has 4 aromatic carbocycles. The van der Waals surface area contributed by atoms with Gasteiger partial charge in [-0.25, -0.2) is 13.6 Å². The molecule has 4 unspecified atom stereocenters. The van der Waals surface area contributed by atoms with Crippen molar-refractivity contribution in [3.8, 4) is 5.75 Å². The molecule has 0 spiro atoms. The lowest BCUT2D eigenvalue weighted by Gasteiger charge is -2.61. The van der Waals surface area contributed by atoms with Crippen LogP contribution >= 0.6 is 8.96 Å². The SMILES string of the molecule is COc1ccc(C(OC[C@H]2O[C@@H](c3cc(CNC(=O)CCCCCNC(=O)O[C@H]4CC[C@@]5(C)C(CCC6[C@@H]7CC[C@H]([C@H](C)CCCC(C)C)[C@@]7(C)CC[C@@H]65)C4)c(F)cc3F)C(O[Si](C)(C)C(C)(C)C)[C@H]2OPN(C(C)C)C(C)C)(c2ccccc2)c2ccccc2)cc1. The number of alkyl carbamates (subject to hydrolysis) is 1. The number of ether oxygens (including phenoxy) is 4. The first-order valence-electron chi connectivity index (χ1n) is 35.8. The number of halogens is 2. The maximum Gasteiger partial charge on any atom is 0.407 e. The fraction of sp³-hybridized carbons (Fsp3) is 0.667. The minimum absolute atomic E-state index is 0.00584. The highest BCUT2D eigenvalue weighted by Crippen LogP contribution is 2.69. The largest absolute Gasteiger partial charge is 0.497 e. The normalized spacial score (nSPS) is 27.8. The predicted molar refractivity (Wildman–Crippen MR) is 375 cm³/mol. The van der Waals surface area contributed by atoms with Crippen molar-refractivity contribution >= 4 is 29.3 Å². The Balaban J connectivity index is 0.820. The summed E-state index contributed by atoms with van der Waals surface area (Å²) < 4.78 is 76.2. The van der Waals surface area contributed by atoms with E-state index in [9.17, 15) is 9.59 Å². The maximum atomic E-state index is 16.9. The molecule has 11 nitrogen and oxygen atoms in total. The molecule has 93 heavy (non-hydrogen) atoms. The molecule has 2 N–H and O–H groups in total. The molecule has 514 valence electrons. The van der Waals surface area contributed by atoms with Crippen LogP contribution in [0.15, 0.2) is 97.1 Å². The van der Waals surface area contributed by atoms with Gasteiger partial charge in [0, 0.05) is 48.8 Å². The molecule has 14 atom stereocenters. The molecule has 1 aliphatic heterocycles. The van der Waals surface area contributed by atoms with Crippen LogP contribution in [0, 0.1) is 63.9 Å². The van der Waals surface area contributed by atoms with Gasteiger partial charge in [-0.2, -0.15) is 0 Å². The van der Waals surface area contributed by atoms with E-state index < -0.39 is 50.0 Å². The molecular weight excluding hydrogens is 1200 g/mol. The molecule has 0 bridgehead atoms. The molecule has 0 radical (unpaired) electrons. The smallest absolute Gasteiger partial charge is 0.407 e. The molecule has 5 aliphatic rings. The zero-order valence-corrected chi connectivity index (χ0v) is 61.2. The number of carbonyl (C=O) groups excluding carboxylic acids is 2. The summed E-state index contributed by atoms with van der Waals surface area (Å²) in [7, 11) is -1.14. The van der Waals surface area contributed by atoms with Crippen LogP contribution in [-0.4, -0.2) is 81.7 Å². The Morgan fingerprint density at radius 1 is 0.731 bits per heavy atom. The number of fused-ring (bicyclic) bond motifs is 5. The Morgan fingerprint density at radius 2 is 1.38 bits per heavy atom. The van der Waals surface area contributed by atoms with Crippen molar-refractivity contribution in [1.29, 1.82) is 0 Å². The summed E-state index contributed by atoms with van der Waals surface area (Å²) in [6, 6.07) is 30.7. The Morgan fingerprint density at radius 3 is 2.01 bits per heavy atom. The molecule has 2 amide bonds. The molecule has 4 saturated carbocycles. The molecule has 0 aromatic heterocycles. The van der Waals surface area contributed by atoms with E-state index in [4.69, 9.17) is 27.9 Å². The second kappa shape index (κ2) is 31.5. The lowest BCUT2D eigenvalue weighted by Crippen LogP contribution is -2.54. The van der Waals surface area contributed by atoms with Gasteiger partial charge < -0.3 is 38.5 Å². The topological polar surface area (TPSA) is 117 Å². The average molecular weight is 1320 g/mol. The van der Waals surface area contributed by atoms with E-state index in [-0.39, 0.29) is 74.9 Å². The summed E-state index contributed by atoms with van der Waals surface area (Å²) >= 11 is 0. The van der Waals surface area contributed by atoms with E-state index >= 15 is 8.78 Å². The van der Waals surface area contributed by atoms with Gasteiger partial charge in [-0.05, 0) is 204 Å². The molecule has 1 heterocycles. The van der Waals surface area contributed by atoms with Crippen LogP contribution in [0.1, 0.15) is 220 Å². The minimum Gasteiger partial charge on any atom is -0.497 e. The van der Waals surface area contributed by atoms with E-state index in [1.807, 2.05) is 60.7 Å². The van der Waals surface area contributed by atoms with Gasteiger partial charge in [-0.3, -0.25) is 9.46 Å². The number of methoxy groups -OCH3 is 1.